The number of hydrogen-bond acceptors (Lipinski definition) is 3. The summed E-state index contributed by atoms with van der Waals surface area (Å²) >= 11 is 3.16. The molecule has 0 radical (unpaired) electrons. The molecule has 0 saturated carbocycles. The van der Waals surface area contributed by atoms with Crippen molar-refractivity contribution in [2.24, 2.45) is 0 Å². The van der Waals surface area contributed by atoms with Crippen LogP contribution >= 0.6 is 15.9 Å². The number of nitrogens with one attached hydrogen (secondary N) is 1. The minimum Gasteiger partial charge on any atom is -0.271 e. The van der Waals surface area contributed by atoms with Crippen LogP contribution in [0.1, 0.15) is 19.8 Å². The Morgan fingerprint density at radius 1 is 1.50 bits per heavy atom. The van der Waals surface area contributed by atoms with E-state index in [1.807, 2.05) is 6.92 Å². The highest BCUT2D eigenvalue weighted by Gasteiger charge is 2.35. The van der Waals surface area contributed by atoms with Gasteiger partial charge in [0.05, 0.1) is 0 Å². The Morgan fingerprint density at radius 2 is 2.14 bits per heavy atom. The normalized spacial score (nSPS) is 23.2. The van der Waals surface area contributed by atoms with E-state index in [0.29, 0.717) is 6.54 Å². The maximum Gasteiger partial charge on any atom is 0.340 e. The first-order valence-electron chi connectivity index (χ1n) is 4.57. The molecule has 1 aliphatic heterocycles. The van der Waals surface area contributed by atoms with Gasteiger partial charge in [0.2, 0.25) is 0 Å². The summed E-state index contributed by atoms with van der Waals surface area (Å²) in [4.78, 5) is 23.9. The van der Waals surface area contributed by atoms with E-state index in [2.05, 4.69) is 21.4 Å². The van der Waals surface area contributed by atoms with E-state index >= 15 is 0 Å². The highest BCUT2D eigenvalue weighted by molar-refractivity contribution is 9.10. The number of carbonyl (C=O) groups is 2. The predicted molar refractivity (Wildman–Crippen MR) is 55.6 cm³/mol. The lowest BCUT2D eigenvalue weighted by molar-refractivity contribution is -0.132. The number of nitrogens with zero attached hydrogens (tertiary/aromatic N) is 2. The number of unbranched alkanes of at least 4 members (excludes halogenated alkanes) is 1. The molecule has 0 bridgehead atoms. The standard InChI is InChI=1S/C8H14BrN3O2/c1-3-4-5-12-7(13)6(9)10-11(2)8(12)14/h6,10H,3-5H2,1-2H3. The molecule has 5 nitrogen and oxygen atoms in total. The topological polar surface area (TPSA) is 52.7 Å². The maximum atomic E-state index is 11.6. The average molecular weight is 264 g/mol. The molecule has 80 valence electrons. The molecule has 1 N–H and O–H groups in total. The van der Waals surface area contributed by atoms with E-state index < -0.39 is 4.95 Å². The molecule has 0 aromatic heterocycles. The third-order valence-electron chi connectivity index (χ3n) is 2.04. The first-order valence-corrected chi connectivity index (χ1v) is 5.48. The summed E-state index contributed by atoms with van der Waals surface area (Å²) in [7, 11) is 1.60. The largest absolute Gasteiger partial charge is 0.340 e. The monoisotopic (exact) mass is 263 g/mol. The molecular weight excluding hydrogens is 250 g/mol. The third kappa shape index (κ3) is 2.24. The number of hydrazine groups is 1. The molecule has 1 aliphatic rings. The van der Waals surface area contributed by atoms with Crippen molar-refractivity contribution in [3.63, 3.8) is 0 Å². The van der Waals surface area contributed by atoms with Gasteiger partial charge in [-0.3, -0.25) is 14.7 Å². The van der Waals surface area contributed by atoms with Crippen molar-refractivity contribution in [2.75, 3.05) is 13.6 Å². The molecule has 0 spiro atoms. The quantitative estimate of drug-likeness (QED) is 0.608. The van der Waals surface area contributed by atoms with Gasteiger partial charge >= 0.3 is 6.03 Å². The smallest absolute Gasteiger partial charge is 0.271 e. The molecule has 1 fully saturated rings. The molecule has 6 heteroatoms. The number of rotatable bonds is 3. The van der Waals surface area contributed by atoms with E-state index in [0.717, 1.165) is 12.8 Å². The van der Waals surface area contributed by atoms with Gasteiger partial charge in [-0.25, -0.2) is 10.2 Å². The summed E-state index contributed by atoms with van der Waals surface area (Å²) in [5, 5.41) is 1.32. The number of amides is 3. The van der Waals surface area contributed by atoms with E-state index in [4.69, 9.17) is 0 Å². The summed E-state index contributed by atoms with van der Waals surface area (Å²) in [5.41, 5.74) is 2.69. The van der Waals surface area contributed by atoms with Crippen molar-refractivity contribution in [3.8, 4) is 0 Å². The molecule has 0 aliphatic carbocycles. The molecule has 14 heavy (non-hydrogen) atoms. The maximum absolute atomic E-state index is 11.6. The molecule has 1 unspecified atom stereocenters. The van der Waals surface area contributed by atoms with E-state index in [9.17, 15) is 9.59 Å². The molecular formula is C8H14BrN3O2. The predicted octanol–water partition coefficient (Wildman–Crippen LogP) is 0.906. The van der Waals surface area contributed by atoms with Crippen LogP contribution in [0.15, 0.2) is 0 Å². The molecule has 1 rings (SSSR count). The Bertz CT molecular complexity index is 227. The van der Waals surface area contributed by atoms with Gasteiger partial charge in [-0.1, -0.05) is 29.3 Å². The fraction of sp³-hybridized carbons (Fsp3) is 0.750. The first kappa shape index (κ1) is 11.5. The van der Waals surface area contributed by atoms with Gasteiger partial charge in [0.25, 0.3) is 5.91 Å². The van der Waals surface area contributed by atoms with Crippen LogP contribution < -0.4 is 5.43 Å². The van der Waals surface area contributed by atoms with Gasteiger partial charge in [-0.15, -0.1) is 0 Å². The zero-order chi connectivity index (χ0) is 10.7. The number of imide groups is 1. The molecule has 0 aromatic rings. The average Bonchev–Trinajstić information content (AvgIpc) is 2.15. The minimum atomic E-state index is -0.498. The zero-order valence-corrected chi connectivity index (χ0v) is 9.87. The van der Waals surface area contributed by atoms with Gasteiger partial charge < -0.3 is 0 Å². The second-order valence-electron chi connectivity index (χ2n) is 3.18. The van der Waals surface area contributed by atoms with Crippen LogP contribution in [0.4, 0.5) is 4.79 Å². The summed E-state index contributed by atoms with van der Waals surface area (Å²) in [5.74, 6) is -0.221. The lowest BCUT2D eigenvalue weighted by atomic mass is 10.3. The van der Waals surface area contributed by atoms with Gasteiger partial charge in [0, 0.05) is 13.6 Å². The first-order chi connectivity index (χ1) is 6.57. The van der Waals surface area contributed by atoms with E-state index in [1.54, 1.807) is 7.05 Å². The Balaban J connectivity index is 2.67. The van der Waals surface area contributed by atoms with Gasteiger partial charge in [0.15, 0.2) is 4.95 Å². The van der Waals surface area contributed by atoms with Gasteiger partial charge in [0.1, 0.15) is 0 Å². The highest BCUT2D eigenvalue weighted by Crippen LogP contribution is 2.12. The van der Waals surface area contributed by atoms with Crippen molar-refractivity contribution in [1.29, 1.82) is 0 Å². The lowest BCUT2D eigenvalue weighted by Crippen LogP contribution is -2.62. The number of carbonyl (C=O) groups excluding carboxylic acids is 2. The Kier molecular flexibility index (Phi) is 3.88. The number of halogens is 1. The second-order valence-corrected chi connectivity index (χ2v) is 4.09. The van der Waals surface area contributed by atoms with Crippen molar-refractivity contribution >= 4 is 27.9 Å². The zero-order valence-electron chi connectivity index (χ0n) is 8.29. The van der Waals surface area contributed by atoms with Crippen molar-refractivity contribution in [3.05, 3.63) is 0 Å². The fourth-order valence-electron chi connectivity index (χ4n) is 1.21. The van der Waals surface area contributed by atoms with Crippen molar-refractivity contribution < 1.29 is 9.59 Å². The van der Waals surface area contributed by atoms with E-state index in [1.165, 1.54) is 9.91 Å². The van der Waals surface area contributed by atoms with Crippen molar-refractivity contribution in [1.82, 2.24) is 15.3 Å². The Labute approximate surface area is 91.5 Å². The highest BCUT2D eigenvalue weighted by atomic mass is 79.9. The Morgan fingerprint density at radius 3 is 2.71 bits per heavy atom. The van der Waals surface area contributed by atoms with Crippen LogP contribution in [0.25, 0.3) is 0 Å². The molecule has 1 saturated heterocycles. The van der Waals surface area contributed by atoms with Crippen LogP contribution in [0.5, 0.6) is 0 Å². The summed E-state index contributed by atoms with van der Waals surface area (Å²) in [6.07, 6.45) is 1.80. The van der Waals surface area contributed by atoms with Crippen LogP contribution in [0.2, 0.25) is 0 Å². The molecule has 3 amide bonds. The van der Waals surface area contributed by atoms with Crippen LogP contribution in [-0.4, -0.2) is 40.4 Å². The number of alkyl halides is 1. The number of urea groups is 1. The Hall–Kier alpha value is -0.620. The fourth-order valence-corrected chi connectivity index (χ4v) is 1.77. The van der Waals surface area contributed by atoms with Gasteiger partial charge in [-0.05, 0) is 6.42 Å². The van der Waals surface area contributed by atoms with Crippen LogP contribution in [-0.2, 0) is 4.79 Å². The second kappa shape index (κ2) is 4.75. The van der Waals surface area contributed by atoms with Crippen LogP contribution in [0, 0.1) is 0 Å². The van der Waals surface area contributed by atoms with Crippen molar-refractivity contribution in [2.45, 2.75) is 24.7 Å². The SMILES string of the molecule is CCCCN1C(=O)C(Br)NN(C)C1=O. The summed E-state index contributed by atoms with van der Waals surface area (Å²) < 4.78 is 0. The molecule has 1 heterocycles. The molecule has 0 aromatic carbocycles. The lowest BCUT2D eigenvalue weighted by Gasteiger charge is -2.34. The molecule has 1 atom stereocenters. The minimum absolute atomic E-state index is 0.221. The van der Waals surface area contributed by atoms with E-state index in [-0.39, 0.29) is 11.9 Å². The van der Waals surface area contributed by atoms with Crippen LogP contribution in [0.3, 0.4) is 0 Å². The third-order valence-corrected chi connectivity index (χ3v) is 2.64. The summed E-state index contributed by atoms with van der Waals surface area (Å²) in [6, 6.07) is -0.292. The number of hydrogen-bond donors (Lipinski definition) is 1. The summed E-state index contributed by atoms with van der Waals surface area (Å²) in [6.45, 7) is 2.51. The van der Waals surface area contributed by atoms with Gasteiger partial charge in [-0.2, -0.15) is 0 Å².